The Balaban J connectivity index is 2.56. The van der Waals surface area contributed by atoms with Crippen LogP contribution in [0.2, 0.25) is 0 Å². The third-order valence-electron chi connectivity index (χ3n) is 2.75. The van der Waals surface area contributed by atoms with E-state index < -0.39 is 0 Å². The van der Waals surface area contributed by atoms with Gasteiger partial charge in [0, 0.05) is 13.1 Å². The molecule has 0 aliphatic carbocycles. The molecule has 0 aromatic heterocycles. The molecule has 1 fully saturated rings. The van der Waals surface area contributed by atoms with Gasteiger partial charge in [-0.2, -0.15) is 0 Å². The summed E-state index contributed by atoms with van der Waals surface area (Å²) in [6.45, 7) is 6.14. The Morgan fingerprint density at radius 1 is 1.38 bits per heavy atom. The lowest BCUT2D eigenvalue weighted by molar-refractivity contribution is -0.125. The minimum Gasteiger partial charge on any atom is -0.332 e. The molecular formula is C11H17NO. The molecule has 1 amide bonds. The van der Waals surface area contributed by atoms with E-state index in [2.05, 4.69) is 19.8 Å². The van der Waals surface area contributed by atoms with Crippen LogP contribution < -0.4 is 0 Å². The first kappa shape index (κ1) is 10.1. The molecule has 1 aliphatic rings. The topological polar surface area (TPSA) is 20.3 Å². The number of nitrogens with zero attached hydrogens (tertiary/aromatic N) is 1. The summed E-state index contributed by atoms with van der Waals surface area (Å²) < 4.78 is 0. The van der Waals surface area contributed by atoms with Crippen LogP contribution in [-0.2, 0) is 4.79 Å². The number of carbonyl (C=O) groups excluding carboxylic acids is 1. The fourth-order valence-corrected chi connectivity index (χ4v) is 1.72. The normalized spacial score (nSPS) is 21.8. The number of terminal acetylenes is 1. The van der Waals surface area contributed by atoms with E-state index >= 15 is 0 Å². The molecule has 1 saturated heterocycles. The highest BCUT2D eigenvalue weighted by Crippen LogP contribution is 2.29. The van der Waals surface area contributed by atoms with Crippen LogP contribution in [0.15, 0.2) is 0 Å². The summed E-state index contributed by atoms with van der Waals surface area (Å²) in [6, 6.07) is 0. The molecule has 72 valence electrons. The van der Waals surface area contributed by atoms with E-state index in [4.69, 9.17) is 6.42 Å². The van der Waals surface area contributed by atoms with Crippen molar-refractivity contribution < 1.29 is 4.79 Å². The molecule has 0 unspecified atom stereocenters. The molecule has 0 aromatic rings. The molecule has 0 spiro atoms. The molecule has 1 aliphatic heterocycles. The second-order valence-electron chi connectivity index (χ2n) is 4.45. The van der Waals surface area contributed by atoms with Crippen LogP contribution in [0.25, 0.3) is 0 Å². The number of likely N-dealkylation sites (tertiary alicyclic amines) is 1. The van der Waals surface area contributed by atoms with Gasteiger partial charge < -0.3 is 4.90 Å². The van der Waals surface area contributed by atoms with E-state index in [9.17, 15) is 4.79 Å². The summed E-state index contributed by atoms with van der Waals surface area (Å²) in [6.07, 6.45) is 8.39. The van der Waals surface area contributed by atoms with Crippen molar-refractivity contribution in [2.45, 2.75) is 33.1 Å². The molecule has 0 bridgehead atoms. The van der Waals surface area contributed by atoms with Gasteiger partial charge in [0.15, 0.2) is 0 Å². The second-order valence-corrected chi connectivity index (χ2v) is 4.45. The summed E-state index contributed by atoms with van der Waals surface area (Å²) in [4.78, 5) is 13.0. The number of amides is 1. The van der Waals surface area contributed by atoms with Crippen LogP contribution >= 0.6 is 0 Å². The standard InChI is InChI=1S/C11H17NO/c1-4-10(13)12-8-5-6-11(2,3)7-9-12/h1H,5-9H2,2-3H3. The second kappa shape index (κ2) is 3.83. The summed E-state index contributed by atoms with van der Waals surface area (Å²) in [5, 5.41) is 0. The number of hydrogen-bond acceptors (Lipinski definition) is 1. The zero-order valence-corrected chi connectivity index (χ0v) is 8.47. The lowest BCUT2D eigenvalue weighted by atomic mass is 9.85. The average Bonchev–Trinajstić information content (AvgIpc) is 2.25. The van der Waals surface area contributed by atoms with Crippen molar-refractivity contribution in [2.75, 3.05) is 13.1 Å². The average molecular weight is 179 g/mol. The maximum absolute atomic E-state index is 11.2. The van der Waals surface area contributed by atoms with Gasteiger partial charge in [-0.1, -0.05) is 13.8 Å². The highest BCUT2D eigenvalue weighted by molar-refractivity contribution is 5.92. The molecule has 1 rings (SSSR count). The molecule has 0 radical (unpaired) electrons. The van der Waals surface area contributed by atoms with Gasteiger partial charge in [0.05, 0.1) is 0 Å². The zero-order valence-electron chi connectivity index (χ0n) is 8.47. The lowest BCUT2D eigenvalue weighted by Gasteiger charge is -2.22. The van der Waals surface area contributed by atoms with E-state index in [1.54, 1.807) is 4.90 Å². The number of hydrogen-bond donors (Lipinski definition) is 0. The Morgan fingerprint density at radius 2 is 2.08 bits per heavy atom. The van der Waals surface area contributed by atoms with Crippen molar-refractivity contribution in [3.8, 4) is 12.3 Å². The smallest absolute Gasteiger partial charge is 0.298 e. The number of carbonyl (C=O) groups is 1. The summed E-state index contributed by atoms with van der Waals surface area (Å²) in [5.41, 5.74) is 0.365. The third-order valence-corrected chi connectivity index (χ3v) is 2.75. The van der Waals surface area contributed by atoms with E-state index in [0.717, 1.165) is 25.9 Å². The van der Waals surface area contributed by atoms with Crippen molar-refractivity contribution in [3.63, 3.8) is 0 Å². The molecule has 2 heteroatoms. The van der Waals surface area contributed by atoms with Gasteiger partial charge in [0.2, 0.25) is 0 Å². The van der Waals surface area contributed by atoms with Gasteiger partial charge in [-0.05, 0) is 30.6 Å². The Morgan fingerprint density at radius 3 is 2.69 bits per heavy atom. The Hall–Kier alpha value is -0.970. The monoisotopic (exact) mass is 179 g/mol. The van der Waals surface area contributed by atoms with E-state index in [1.807, 2.05) is 0 Å². The first-order valence-corrected chi connectivity index (χ1v) is 4.81. The van der Waals surface area contributed by atoms with Crippen molar-refractivity contribution in [3.05, 3.63) is 0 Å². The minimum atomic E-state index is -0.155. The Kier molecular flexibility index (Phi) is 2.98. The largest absolute Gasteiger partial charge is 0.332 e. The lowest BCUT2D eigenvalue weighted by Crippen LogP contribution is -2.31. The van der Waals surface area contributed by atoms with Gasteiger partial charge >= 0.3 is 0 Å². The van der Waals surface area contributed by atoms with Crippen LogP contribution in [0.4, 0.5) is 0 Å². The fourth-order valence-electron chi connectivity index (χ4n) is 1.72. The highest BCUT2D eigenvalue weighted by Gasteiger charge is 2.24. The van der Waals surface area contributed by atoms with Crippen LogP contribution in [0.5, 0.6) is 0 Å². The van der Waals surface area contributed by atoms with Gasteiger partial charge in [-0.25, -0.2) is 0 Å². The predicted octanol–water partition coefficient (Wildman–Crippen LogP) is 1.66. The first-order valence-electron chi connectivity index (χ1n) is 4.81. The van der Waals surface area contributed by atoms with Crippen LogP contribution in [0, 0.1) is 17.8 Å². The number of rotatable bonds is 0. The minimum absolute atomic E-state index is 0.155. The molecule has 0 atom stereocenters. The van der Waals surface area contributed by atoms with E-state index in [-0.39, 0.29) is 5.91 Å². The van der Waals surface area contributed by atoms with Gasteiger partial charge in [0.25, 0.3) is 5.91 Å². The maximum Gasteiger partial charge on any atom is 0.298 e. The van der Waals surface area contributed by atoms with Gasteiger partial charge in [0.1, 0.15) is 0 Å². The quantitative estimate of drug-likeness (QED) is 0.518. The van der Waals surface area contributed by atoms with Crippen LogP contribution in [-0.4, -0.2) is 23.9 Å². The molecule has 13 heavy (non-hydrogen) atoms. The molecule has 0 aromatic carbocycles. The van der Waals surface area contributed by atoms with Crippen LogP contribution in [0.1, 0.15) is 33.1 Å². The summed E-state index contributed by atoms with van der Waals surface area (Å²) >= 11 is 0. The molecular weight excluding hydrogens is 162 g/mol. The molecule has 0 saturated carbocycles. The Bertz CT molecular complexity index is 237. The van der Waals surface area contributed by atoms with Gasteiger partial charge in [-0.15, -0.1) is 6.42 Å². The van der Waals surface area contributed by atoms with E-state index in [1.165, 1.54) is 6.42 Å². The summed E-state index contributed by atoms with van der Waals surface area (Å²) in [5.74, 6) is 2.02. The van der Waals surface area contributed by atoms with Crippen molar-refractivity contribution in [1.82, 2.24) is 4.90 Å². The third kappa shape index (κ3) is 2.77. The first-order chi connectivity index (χ1) is 6.05. The van der Waals surface area contributed by atoms with Gasteiger partial charge in [-0.3, -0.25) is 4.79 Å². The zero-order chi connectivity index (χ0) is 9.90. The predicted molar refractivity (Wildman–Crippen MR) is 53.0 cm³/mol. The molecule has 2 nitrogen and oxygen atoms in total. The van der Waals surface area contributed by atoms with E-state index in [0.29, 0.717) is 5.41 Å². The van der Waals surface area contributed by atoms with Crippen molar-refractivity contribution in [1.29, 1.82) is 0 Å². The summed E-state index contributed by atoms with van der Waals surface area (Å²) in [7, 11) is 0. The SMILES string of the molecule is C#CC(=O)N1CCCC(C)(C)CC1. The van der Waals surface area contributed by atoms with Crippen molar-refractivity contribution >= 4 is 5.91 Å². The van der Waals surface area contributed by atoms with Crippen molar-refractivity contribution in [2.24, 2.45) is 5.41 Å². The fraction of sp³-hybridized carbons (Fsp3) is 0.727. The maximum atomic E-state index is 11.2. The molecule has 0 N–H and O–H groups in total. The molecule has 1 heterocycles. The highest BCUT2D eigenvalue weighted by atomic mass is 16.2. The Labute approximate surface area is 80.3 Å². The van der Waals surface area contributed by atoms with Crippen LogP contribution in [0.3, 0.4) is 0 Å².